The molecule has 3 aromatic carbocycles. The van der Waals surface area contributed by atoms with E-state index in [4.69, 9.17) is 4.74 Å². The Morgan fingerprint density at radius 3 is 2.38 bits per heavy atom. The average molecular weight is 558 g/mol. The van der Waals surface area contributed by atoms with E-state index in [9.17, 15) is 31.9 Å². The molecule has 0 saturated carbocycles. The van der Waals surface area contributed by atoms with Gasteiger partial charge in [0.2, 0.25) is 5.91 Å². The monoisotopic (exact) mass is 557 g/mol. The molecule has 0 aromatic heterocycles. The average Bonchev–Trinajstić information content (AvgIpc) is 3.04. The Morgan fingerprint density at radius 1 is 1.02 bits per heavy atom. The maximum absolute atomic E-state index is 13.9. The van der Waals surface area contributed by atoms with Crippen LogP contribution in [0.4, 0.5) is 23.2 Å². The lowest BCUT2D eigenvalue weighted by Gasteiger charge is -2.29. The molecule has 2 atom stereocenters. The highest BCUT2D eigenvalue weighted by Gasteiger charge is 2.38. The van der Waals surface area contributed by atoms with Gasteiger partial charge in [-0.2, -0.15) is 13.2 Å². The number of amides is 3. The second-order valence-electron chi connectivity index (χ2n) is 9.55. The quantitative estimate of drug-likeness (QED) is 0.419. The Bertz CT molecular complexity index is 1400. The summed E-state index contributed by atoms with van der Waals surface area (Å²) in [5, 5.41) is 4.99. The third-order valence-electron chi connectivity index (χ3n) is 6.34. The van der Waals surface area contributed by atoms with Gasteiger partial charge in [-0.3, -0.25) is 14.4 Å². The van der Waals surface area contributed by atoms with Crippen molar-refractivity contribution in [3.8, 4) is 5.75 Å². The smallest absolute Gasteiger partial charge is 0.417 e. The first-order valence-electron chi connectivity index (χ1n) is 12.5. The van der Waals surface area contributed by atoms with Gasteiger partial charge in [-0.25, -0.2) is 4.39 Å². The van der Waals surface area contributed by atoms with Crippen LogP contribution in [0.15, 0.2) is 72.8 Å². The molecule has 0 spiro atoms. The van der Waals surface area contributed by atoms with Crippen molar-refractivity contribution in [1.29, 1.82) is 0 Å². The Balaban J connectivity index is 1.61. The van der Waals surface area contributed by atoms with Crippen LogP contribution in [0.3, 0.4) is 0 Å². The number of rotatable bonds is 7. The fourth-order valence-corrected chi connectivity index (χ4v) is 4.47. The minimum atomic E-state index is -4.79. The van der Waals surface area contributed by atoms with E-state index in [1.165, 1.54) is 23.1 Å². The normalized spacial score (nSPS) is 16.0. The van der Waals surface area contributed by atoms with Gasteiger partial charge < -0.3 is 20.3 Å². The third-order valence-corrected chi connectivity index (χ3v) is 6.34. The molecule has 11 heteroatoms. The number of carbonyl (C=O) groups is 3. The Hall–Kier alpha value is -4.41. The second kappa shape index (κ2) is 11.8. The molecule has 3 aromatic rings. The van der Waals surface area contributed by atoms with Gasteiger partial charge in [0.05, 0.1) is 16.8 Å². The van der Waals surface area contributed by atoms with Crippen LogP contribution in [-0.2, 0) is 22.2 Å². The summed E-state index contributed by atoms with van der Waals surface area (Å²) >= 11 is 0. The van der Waals surface area contributed by atoms with Crippen LogP contribution in [0, 0.1) is 5.82 Å². The number of benzene rings is 3. The van der Waals surface area contributed by atoms with E-state index in [1.807, 2.05) is 0 Å². The van der Waals surface area contributed by atoms with Crippen molar-refractivity contribution in [2.24, 2.45) is 0 Å². The number of hydrogen-bond donors (Lipinski definition) is 2. The molecule has 1 unspecified atom stereocenters. The van der Waals surface area contributed by atoms with Gasteiger partial charge in [0, 0.05) is 18.5 Å². The Kier molecular flexibility index (Phi) is 8.41. The zero-order valence-corrected chi connectivity index (χ0v) is 21.7. The zero-order chi connectivity index (χ0) is 29.0. The standard InChI is InChI=1S/C29H27F4N3O4/c1-17(2)36-24-13-12-19(30)15-25(24)40-16-23(28(36)39)35-27(38)22(14-18-8-4-3-5-9-18)34-26(37)20-10-6-7-11-21(20)29(31,32)33/h3-13,15,17,22-23H,14,16H2,1-2H3,(H,34,37)(H,35,38)/t22-,23?/m1/s1. The van der Waals surface area contributed by atoms with Gasteiger partial charge in [0.15, 0.2) is 0 Å². The molecule has 40 heavy (non-hydrogen) atoms. The molecule has 2 N–H and O–H groups in total. The van der Waals surface area contributed by atoms with E-state index < -0.39 is 52.9 Å². The number of carbonyl (C=O) groups excluding carboxylic acids is 3. The summed E-state index contributed by atoms with van der Waals surface area (Å²) in [4.78, 5) is 41.4. The lowest BCUT2D eigenvalue weighted by Crippen LogP contribution is -2.57. The lowest BCUT2D eigenvalue weighted by atomic mass is 10.0. The van der Waals surface area contributed by atoms with Crippen molar-refractivity contribution >= 4 is 23.4 Å². The van der Waals surface area contributed by atoms with Crippen molar-refractivity contribution in [1.82, 2.24) is 10.6 Å². The van der Waals surface area contributed by atoms with Gasteiger partial charge in [-0.15, -0.1) is 0 Å². The van der Waals surface area contributed by atoms with E-state index in [-0.39, 0.29) is 24.8 Å². The molecular weight excluding hydrogens is 530 g/mol. The zero-order valence-electron chi connectivity index (χ0n) is 21.7. The fourth-order valence-electron chi connectivity index (χ4n) is 4.47. The third kappa shape index (κ3) is 6.41. The first kappa shape index (κ1) is 28.6. The molecule has 1 aliphatic heterocycles. The van der Waals surface area contributed by atoms with Crippen molar-refractivity contribution < 1.29 is 36.7 Å². The SMILES string of the molecule is CC(C)N1C(=O)C(NC(=O)[C@@H](Cc2ccccc2)NC(=O)c2ccccc2C(F)(F)F)COc2cc(F)ccc21. The van der Waals surface area contributed by atoms with Crippen molar-refractivity contribution in [2.45, 2.75) is 44.6 Å². The summed E-state index contributed by atoms with van der Waals surface area (Å²) in [6.07, 6.45) is -4.85. The van der Waals surface area contributed by atoms with E-state index in [0.717, 1.165) is 24.3 Å². The van der Waals surface area contributed by atoms with Crippen molar-refractivity contribution in [2.75, 3.05) is 11.5 Å². The highest BCUT2D eigenvalue weighted by molar-refractivity contribution is 6.03. The number of halogens is 4. The predicted molar refractivity (Wildman–Crippen MR) is 139 cm³/mol. The van der Waals surface area contributed by atoms with E-state index in [2.05, 4.69) is 10.6 Å². The molecule has 0 bridgehead atoms. The summed E-state index contributed by atoms with van der Waals surface area (Å²) in [7, 11) is 0. The number of fused-ring (bicyclic) bond motifs is 1. The summed E-state index contributed by atoms with van der Waals surface area (Å²) in [6.45, 7) is 3.16. The molecule has 3 amide bonds. The number of ether oxygens (including phenoxy) is 1. The largest absolute Gasteiger partial charge is 0.489 e. The van der Waals surface area contributed by atoms with Crippen LogP contribution in [0.2, 0.25) is 0 Å². The van der Waals surface area contributed by atoms with E-state index >= 15 is 0 Å². The van der Waals surface area contributed by atoms with Crippen LogP contribution in [-0.4, -0.2) is 42.5 Å². The van der Waals surface area contributed by atoms with Crippen LogP contribution in [0.5, 0.6) is 5.75 Å². The highest BCUT2D eigenvalue weighted by atomic mass is 19.4. The first-order chi connectivity index (χ1) is 19.0. The van der Waals surface area contributed by atoms with Crippen LogP contribution in [0.25, 0.3) is 0 Å². The van der Waals surface area contributed by atoms with Crippen LogP contribution in [0.1, 0.15) is 35.3 Å². The highest BCUT2D eigenvalue weighted by Crippen LogP contribution is 2.34. The Morgan fingerprint density at radius 2 is 1.70 bits per heavy atom. The molecule has 1 aliphatic rings. The number of alkyl halides is 3. The first-order valence-corrected chi connectivity index (χ1v) is 12.5. The number of hydrogen-bond acceptors (Lipinski definition) is 4. The number of nitrogens with one attached hydrogen (secondary N) is 2. The fraction of sp³-hybridized carbons (Fsp3) is 0.276. The molecule has 0 aliphatic carbocycles. The molecule has 7 nitrogen and oxygen atoms in total. The maximum atomic E-state index is 13.9. The maximum Gasteiger partial charge on any atom is 0.417 e. The molecule has 1 heterocycles. The number of anilines is 1. The molecule has 0 radical (unpaired) electrons. The molecule has 0 fully saturated rings. The van der Waals surface area contributed by atoms with Crippen molar-refractivity contribution in [3.05, 3.63) is 95.3 Å². The topological polar surface area (TPSA) is 87.7 Å². The van der Waals surface area contributed by atoms with Gasteiger partial charge in [-0.05, 0) is 43.7 Å². The van der Waals surface area contributed by atoms with Gasteiger partial charge in [0.1, 0.15) is 30.3 Å². The van der Waals surface area contributed by atoms with Gasteiger partial charge in [0.25, 0.3) is 11.8 Å². The summed E-state index contributed by atoms with van der Waals surface area (Å²) in [6, 6.07) is 13.6. The Labute approximate surface area is 228 Å². The summed E-state index contributed by atoms with van der Waals surface area (Å²) < 4.78 is 60.2. The van der Waals surface area contributed by atoms with E-state index in [1.54, 1.807) is 44.2 Å². The van der Waals surface area contributed by atoms with E-state index in [0.29, 0.717) is 11.3 Å². The molecule has 0 saturated heterocycles. The summed E-state index contributed by atoms with van der Waals surface area (Å²) in [5.41, 5.74) is -0.826. The predicted octanol–water partition coefficient (Wildman–Crippen LogP) is 4.50. The van der Waals surface area contributed by atoms with Gasteiger partial charge >= 0.3 is 6.18 Å². The number of nitrogens with zero attached hydrogens (tertiary/aromatic N) is 1. The molecule has 4 rings (SSSR count). The van der Waals surface area contributed by atoms with Crippen molar-refractivity contribution in [3.63, 3.8) is 0 Å². The van der Waals surface area contributed by atoms with Crippen LogP contribution < -0.4 is 20.3 Å². The minimum absolute atomic E-state index is 0.0618. The lowest BCUT2D eigenvalue weighted by molar-refractivity contribution is -0.138. The molecule has 210 valence electrons. The van der Waals surface area contributed by atoms with Crippen LogP contribution >= 0.6 is 0 Å². The second-order valence-corrected chi connectivity index (χ2v) is 9.55. The molecular formula is C29H27F4N3O4. The minimum Gasteiger partial charge on any atom is -0.489 e. The van der Waals surface area contributed by atoms with Gasteiger partial charge in [-0.1, -0.05) is 42.5 Å². The summed E-state index contributed by atoms with van der Waals surface area (Å²) in [5.74, 6) is -2.87.